The molecule has 5 N–H and O–H groups in total. The molecule has 0 aliphatic rings. The highest BCUT2D eigenvalue weighted by atomic mass is 16.4. The van der Waals surface area contributed by atoms with Gasteiger partial charge in [-0.1, -0.05) is 0 Å². The summed E-state index contributed by atoms with van der Waals surface area (Å²) in [6.45, 7) is 1.19. The Morgan fingerprint density at radius 2 is 1.67 bits per heavy atom. The number of carbonyl (C=O) groups is 1. The first-order valence-electron chi connectivity index (χ1n) is 3.06. The minimum Gasteiger partial charge on any atom is -0.479 e. The largest absolute Gasteiger partial charge is 0.479 e. The molecule has 0 saturated carbocycles. The van der Waals surface area contributed by atoms with Crippen molar-refractivity contribution in [2.75, 3.05) is 13.1 Å². The van der Waals surface area contributed by atoms with Crippen LogP contribution in [0.4, 0.5) is 0 Å². The fourth-order valence-corrected chi connectivity index (χ4v) is 0.139. The normalized spacial score (nSPS) is 7.42. The summed E-state index contributed by atoms with van der Waals surface area (Å²) in [4.78, 5) is 9.72. The highest BCUT2D eigenvalue weighted by Gasteiger charge is 2.13. The molecule has 0 radical (unpaired) electrons. The van der Waals surface area contributed by atoms with E-state index in [1.165, 1.54) is 12.1 Å². The van der Waals surface area contributed by atoms with Gasteiger partial charge >= 0.3 is 5.97 Å². The van der Waals surface area contributed by atoms with E-state index >= 15 is 0 Å². The summed E-state index contributed by atoms with van der Waals surface area (Å²) >= 11 is 0. The third-order valence-electron chi connectivity index (χ3n) is 0.672. The second kappa shape index (κ2) is 9.37. The van der Waals surface area contributed by atoms with Gasteiger partial charge in [0.1, 0.15) is 0 Å². The number of hydrogen-bond acceptors (Lipinski definition) is 5. The number of rotatable bonds is 2. The zero-order chi connectivity index (χ0) is 9.98. The second-order valence-corrected chi connectivity index (χ2v) is 1.61. The van der Waals surface area contributed by atoms with E-state index in [4.69, 9.17) is 27.1 Å². The zero-order valence-electron chi connectivity index (χ0n) is 6.40. The molecule has 0 rings (SSSR count). The molecule has 0 aliphatic carbocycles. The first-order valence-corrected chi connectivity index (χ1v) is 3.06. The Balaban J connectivity index is 0. The van der Waals surface area contributed by atoms with Crippen LogP contribution in [-0.2, 0) is 4.79 Å². The summed E-state index contributed by atoms with van der Waals surface area (Å²) in [5.41, 5.74) is 9.81. The summed E-state index contributed by atoms with van der Waals surface area (Å²) in [6, 6.07) is 2.58. The van der Waals surface area contributed by atoms with E-state index < -0.39 is 11.9 Å². The third kappa shape index (κ3) is 8.37. The van der Waals surface area contributed by atoms with Crippen molar-refractivity contribution < 1.29 is 9.90 Å². The van der Waals surface area contributed by atoms with Crippen molar-refractivity contribution in [1.82, 2.24) is 0 Å². The van der Waals surface area contributed by atoms with Crippen LogP contribution >= 0.6 is 0 Å². The topological polar surface area (TPSA) is 137 Å². The smallest absolute Gasteiger partial charge is 0.335 e. The standard InChI is InChI=1S/C4H2N2O2.C2H8N2/c5-1-3(2-6)4(7)8;3-1-2-4/h3H,(H,7,8);1-4H2. The Bertz CT molecular complexity index is 187. The predicted octanol–water partition coefficient (Wildman–Crippen LogP) is -1.36. The zero-order valence-corrected chi connectivity index (χ0v) is 6.40. The van der Waals surface area contributed by atoms with E-state index in [-0.39, 0.29) is 0 Å². The van der Waals surface area contributed by atoms with Crippen molar-refractivity contribution in [2.24, 2.45) is 17.4 Å². The molecule has 0 saturated heterocycles. The molecule has 0 aromatic rings. The molecular weight excluding hydrogens is 160 g/mol. The van der Waals surface area contributed by atoms with Crippen molar-refractivity contribution in [3.63, 3.8) is 0 Å². The van der Waals surface area contributed by atoms with Gasteiger partial charge in [0.25, 0.3) is 0 Å². The number of nitriles is 2. The van der Waals surface area contributed by atoms with Gasteiger partial charge in [-0.15, -0.1) is 0 Å². The molecule has 0 fully saturated rings. The van der Waals surface area contributed by atoms with Gasteiger partial charge < -0.3 is 16.6 Å². The molecule has 66 valence electrons. The van der Waals surface area contributed by atoms with Crippen molar-refractivity contribution in [2.45, 2.75) is 0 Å². The Morgan fingerprint density at radius 3 is 1.67 bits per heavy atom. The van der Waals surface area contributed by atoms with E-state index in [1.54, 1.807) is 0 Å². The van der Waals surface area contributed by atoms with Crippen LogP contribution < -0.4 is 11.5 Å². The molecule has 0 bridgehead atoms. The molecular formula is C6H10N4O2. The average Bonchev–Trinajstić information content (AvgIpc) is 2.07. The van der Waals surface area contributed by atoms with E-state index in [2.05, 4.69) is 0 Å². The highest BCUT2D eigenvalue weighted by Crippen LogP contribution is 1.88. The number of nitrogens with two attached hydrogens (primary N) is 2. The fourth-order valence-electron chi connectivity index (χ4n) is 0.139. The lowest BCUT2D eigenvalue weighted by Gasteiger charge is -1.83. The van der Waals surface area contributed by atoms with Crippen molar-refractivity contribution in [1.29, 1.82) is 10.5 Å². The second-order valence-electron chi connectivity index (χ2n) is 1.61. The highest BCUT2D eigenvalue weighted by molar-refractivity contribution is 5.75. The SMILES string of the molecule is N#CC(C#N)C(=O)O.NCCN. The van der Waals surface area contributed by atoms with Crippen LogP contribution in [0, 0.1) is 28.6 Å². The number of nitrogens with zero attached hydrogens (tertiary/aromatic N) is 2. The Hall–Kier alpha value is -1.63. The van der Waals surface area contributed by atoms with Gasteiger partial charge in [0, 0.05) is 13.1 Å². The quantitative estimate of drug-likeness (QED) is 0.468. The van der Waals surface area contributed by atoms with Crippen molar-refractivity contribution in [3.05, 3.63) is 0 Å². The average molecular weight is 170 g/mol. The molecule has 0 heterocycles. The predicted molar refractivity (Wildman–Crippen MR) is 40.5 cm³/mol. The molecule has 0 amide bonds. The van der Waals surface area contributed by atoms with Crippen LogP contribution in [0.2, 0.25) is 0 Å². The Morgan fingerprint density at radius 1 is 1.33 bits per heavy atom. The minimum atomic E-state index is -1.52. The van der Waals surface area contributed by atoms with Gasteiger partial charge in [0.2, 0.25) is 5.92 Å². The van der Waals surface area contributed by atoms with Crippen LogP contribution in [0.1, 0.15) is 0 Å². The molecule has 6 heteroatoms. The van der Waals surface area contributed by atoms with Crippen molar-refractivity contribution >= 4 is 5.97 Å². The summed E-state index contributed by atoms with van der Waals surface area (Å²) in [6.07, 6.45) is 0. The maximum Gasteiger partial charge on any atom is 0.335 e. The van der Waals surface area contributed by atoms with Crippen LogP contribution in [0.15, 0.2) is 0 Å². The van der Waals surface area contributed by atoms with E-state index in [9.17, 15) is 4.79 Å². The van der Waals surface area contributed by atoms with Gasteiger partial charge in [-0.05, 0) is 0 Å². The molecule has 0 aromatic heterocycles. The Labute approximate surface area is 70.0 Å². The Kier molecular flexibility index (Phi) is 10.1. The van der Waals surface area contributed by atoms with E-state index in [1.807, 2.05) is 0 Å². The fraction of sp³-hybridized carbons (Fsp3) is 0.500. The molecule has 0 atom stereocenters. The van der Waals surface area contributed by atoms with Gasteiger partial charge in [0.05, 0.1) is 12.1 Å². The number of hydrogen-bond donors (Lipinski definition) is 3. The summed E-state index contributed by atoms with van der Waals surface area (Å²) < 4.78 is 0. The first-order chi connectivity index (χ1) is 5.63. The van der Waals surface area contributed by atoms with Crippen molar-refractivity contribution in [3.8, 4) is 12.1 Å². The minimum absolute atomic E-state index is 0.597. The monoisotopic (exact) mass is 170 g/mol. The summed E-state index contributed by atoms with van der Waals surface area (Å²) in [5.74, 6) is -2.91. The number of carboxylic acid groups (broad SMARTS) is 1. The van der Waals surface area contributed by atoms with E-state index in [0.29, 0.717) is 13.1 Å². The van der Waals surface area contributed by atoms with E-state index in [0.717, 1.165) is 0 Å². The lowest BCUT2D eigenvalue weighted by atomic mass is 10.2. The van der Waals surface area contributed by atoms with Crippen LogP contribution in [0.3, 0.4) is 0 Å². The number of carboxylic acids is 1. The molecule has 0 spiro atoms. The molecule has 0 aromatic carbocycles. The summed E-state index contributed by atoms with van der Waals surface area (Å²) in [7, 11) is 0. The van der Waals surface area contributed by atoms with Gasteiger partial charge in [-0.3, -0.25) is 0 Å². The first kappa shape index (κ1) is 13.0. The van der Waals surface area contributed by atoms with Crippen LogP contribution in [0.25, 0.3) is 0 Å². The number of aliphatic carboxylic acids is 1. The van der Waals surface area contributed by atoms with Crippen LogP contribution in [0.5, 0.6) is 0 Å². The maximum absolute atomic E-state index is 9.72. The van der Waals surface area contributed by atoms with Gasteiger partial charge in [0.15, 0.2) is 0 Å². The lowest BCUT2D eigenvalue weighted by molar-refractivity contribution is -0.138. The maximum atomic E-state index is 9.72. The molecule has 12 heavy (non-hydrogen) atoms. The molecule has 6 nitrogen and oxygen atoms in total. The van der Waals surface area contributed by atoms with Gasteiger partial charge in [-0.25, -0.2) is 4.79 Å². The van der Waals surface area contributed by atoms with Crippen LogP contribution in [-0.4, -0.2) is 24.2 Å². The third-order valence-corrected chi connectivity index (χ3v) is 0.672. The molecule has 0 unspecified atom stereocenters. The summed E-state index contributed by atoms with van der Waals surface area (Å²) in [5, 5.41) is 23.6. The van der Waals surface area contributed by atoms with Gasteiger partial charge in [-0.2, -0.15) is 10.5 Å². The lowest BCUT2D eigenvalue weighted by Crippen LogP contribution is -2.11. The molecule has 0 aliphatic heterocycles.